The largest absolute Gasteiger partial charge is 0.465 e. The number of nitrogens with zero attached hydrogens (tertiary/aromatic N) is 1. The van der Waals surface area contributed by atoms with Crippen molar-refractivity contribution < 1.29 is 19.1 Å². The summed E-state index contributed by atoms with van der Waals surface area (Å²) in [5.41, 5.74) is 2.82. The van der Waals surface area contributed by atoms with Crippen LogP contribution in [-0.4, -0.2) is 24.9 Å². The highest BCUT2D eigenvalue weighted by Crippen LogP contribution is 2.21. The maximum absolute atomic E-state index is 12.1. The SMILES string of the molecule is COC(=O)c1ccccc1C=C1N=C(c2cccc(C)c2)OC1=O. The van der Waals surface area contributed by atoms with Gasteiger partial charge in [0, 0.05) is 5.56 Å². The Morgan fingerprint density at radius 3 is 2.71 bits per heavy atom. The van der Waals surface area contributed by atoms with Gasteiger partial charge in [0.05, 0.1) is 12.7 Å². The Kier molecular flexibility index (Phi) is 4.24. The van der Waals surface area contributed by atoms with Gasteiger partial charge in [0.15, 0.2) is 5.70 Å². The number of hydrogen-bond acceptors (Lipinski definition) is 5. The minimum atomic E-state index is -0.550. The molecule has 5 nitrogen and oxygen atoms in total. The predicted molar refractivity (Wildman–Crippen MR) is 89.6 cm³/mol. The topological polar surface area (TPSA) is 65.0 Å². The first-order chi connectivity index (χ1) is 11.6. The third-order valence-electron chi connectivity index (χ3n) is 3.54. The number of aryl methyl sites for hydroxylation is 1. The van der Waals surface area contributed by atoms with E-state index in [1.54, 1.807) is 24.3 Å². The summed E-state index contributed by atoms with van der Waals surface area (Å²) in [7, 11) is 1.31. The molecule has 0 fully saturated rings. The number of carbonyl (C=O) groups excluding carboxylic acids is 2. The Morgan fingerprint density at radius 1 is 1.17 bits per heavy atom. The average Bonchev–Trinajstić information content (AvgIpc) is 2.95. The number of rotatable bonds is 3. The lowest BCUT2D eigenvalue weighted by Gasteiger charge is -2.03. The molecule has 0 aromatic heterocycles. The molecule has 0 spiro atoms. The number of carbonyl (C=O) groups is 2. The van der Waals surface area contributed by atoms with E-state index in [4.69, 9.17) is 9.47 Å². The van der Waals surface area contributed by atoms with E-state index in [2.05, 4.69) is 4.99 Å². The molecular formula is C19H15NO4. The number of aliphatic imine (C=N–C) groups is 1. The minimum absolute atomic E-state index is 0.142. The van der Waals surface area contributed by atoms with Gasteiger partial charge in [0.2, 0.25) is 5.90 Å². The van der Waals surface area contributed by atoms with Crippen LogP contribution in [0.2, 0.25) is 0 Å². The summed E-state index contributed by atoms with van der Waals surface area (Å²) in [5, 5.41) is 0. The summed E-state index contributed by atoms with van der Waals surface area (Å²) >= 11 is 0. The van der Waals surface area contributed by atoms with Gasteiger partial charge in [0.1, 0.15) is 0 Å². The Bertz CT molecular complexity index is 880. The maximum atomic E-state index is 12.1. The number of ether oxygens (including phenoxy) is 2. The van der Waals surface area contributed by atoms with Gasteiger partial charge in [0.25, 0.3) is 0 Å². The van der Waals surface area contributed by atoms with Gasteiger partial charge < -0.3 is 9.47 Å². The van der Waals surface area contributed by atoms with Crippen LogP contribution < -0.4 is 0 Å². The van der Waals surface area contributed by atoms with Crippen LogP contribution in [0.4, 0.5) is 0 Å². The predicted octanol–water partition coefficient (Wildman–Crippen LogP) is 3.13. The van der Waals surface area contributed by atoms with Crippen LogP contribution in [0.1, 0.15) is 27.0 Å². The first-order valence-electron chi connectivity index (χ1n) is 7.35. The highest BCUT2D eigenvalue weighted by atomic mass is 16.6. The number of esters is 2. The Morgan fingerprint density at radius 2 is 1.96 bits per heavy atom. The highest BCUT2D eigenvalue weighted by molar-refractivity contribution is 6.13. The molecule has 24 heavy (non-hydrogen) atoms. The lowest BCUT2D eigenvalue weighted by atomic mass is 10.1. The Balaban J connectivity index is 1.99. The highest BCUT2D eigenvalue weighted by Gasteiger charge is 2.24. The lowest BCUT2D eigenvalue weighted by molar-refractivity contribution is -0.129. The molecule has 1 aliphatic rings. The molecule has 2 aromatic carbocycles. The lowest BCUT2D eigenvalue weighted by Crippen LogP contribution is -2.06. The van der Waals surface area contributed by atoms with Gasteiger partial charge >= 0.3 is 11.9 Å². The standard InChI is InChI=1S/C19H15NO4/c1-12-6-5-8-14(10-12)17-20-16(19(22)24-17)11-13-7-3-4-9-15(13)18(21)23-2/h3-11H,1-2H3. The average molecular weight is 321 g/mol. The molecular weight excluding hydrogens is 306 g/mol. The van der Waals surface area contributed by atoms with Gasteiger partial charge in [-0.05, 0) is 36.8 Å². The van der Waals surface area contributed by atoms with Gasteiger partial charge in [-0.3, -0.25) is 0 Å². The van der Waals surface area contributed by atoms with Crippen LogP contribution in [0.5, 0.6) is 0 Å². The summed E-state index contributed by atoms with van der Waals surface area (Å²) < 4.78 is 9.99. The minimum Gasteiger partial charge on any atom is -0.465 e. The van der Waals surface area contributed by atoms with Crippen molar-refractivity contribution in [2.45, 2.75) is 6.92 Å². The summed E-state index contributed by atoms with van der Waals surface area (Å²) in [6.07, 6.45) is 1.53. The zero-order valence-electron chi connectivity index (χ0n) is 13.3. The van der Waals surface area contributed by atoms with Crippen molar-refractivity contribution in [3.05, 3.63) is 76.5 Å². The van der Waals surface area contributed by atoms with Crippen molar-refractivity contribution in [2.24, 2.45) is 4.99 Å². The third kappa shape index (κ3) is 3.10. The van der Waals surface area contributed by atoms with E-state index in [0.29, 0.717) is 11.1 Å². The van der Waals surface area contributed by atoms with E-state index < -0.39 is 11.9 Å². The van der Waals surface area contributed by atoms with Gasteiger partial charge in [-0.25, -0.2) is 14.6 Å². The monoisotopic (exact) mass is 321 g/mol. The van der Waals surface area contributed by atoms with E-state index in [1.165, 1.54) is 13.2 Å². The summed E-state index contributed by atoms with van der Waals surface area (Å²) in [6, 6.07) is 14.4. The first kappa shape index (κ1) is 15.7. The van der Waals surface area contributed by atoms with Crippen molar-refractivity contribution >= 4 is 23.9 Å². The van der Waals surface area contributed by atoms with Crippen molar-refractivity contribution in [2.75, 3.05) is 7.11 Å². The fourth-order valence-corrected chi connectivity index (χ4v) is 2.38. The van der Waals surface area contributed by atoms with Crippen LogP contribution in [0.3, 0.4) is 0 Å². The maximum Gasteiger partial charge on any atom is 0.363 e. The summed E-state index contributed by atoms with van der Waals surface area (Å²) in [4.78, 5) is 28.1. The fraction of sp³-hybridized carbons (Fsp3) is 0.105. The molecule has 0 amide bonds. The number of benzene rings is 2. The van der Waals surface area contributed by atoms with E-state index in [0.717, 1.165) is 11.1 Å². The second-order valence-corrected chi connectivity index (χ2v) is 5.28. The van der Waals surface area contributed by atoms with E-state index in [1.807, 2.05) is 31.2 Å². The molecule has 0 radical (unpaired) electrons. The van der Waals surface area contributed by atoms with Crippen LogP contribution in [0, 0.1) is 6.92 Å². The zero-order valence-corrected chi connectivity index (χ0v) is 13.3. The Hall–Kier alpha value is -3.21. The van der Waals surface area contributed by atoms with Crippen LogP contribution in [0.15, 0.2) is 59.2 Å². The molecule has 0 bridgehead atoms. The van der Waals surface area contributed by atoms with E-state index in [-0.39, 0.29) is 11.6 Å². The smallest absolute Gasteiger partial charge is 0.363 e. The molecule has 0 N–H and O–H groups in total. The van der Waals surface area contributed by atoms with Crippen LogP contribution >= 0.6 is 0 Å². The number of hydrogen-bond donors (Lipinski definition) is 0. The molecule has 0 saturated carbocycles. The third-order valence-corrected chi connectivity index (χ3v) is 3.54. The first-order valence-corrected chi connectivity index (χ1v) is 7.35. The molecule has 0 aliphatic carbocycles. The second kappa shape index (κ2) is 6.50. The van der Waals surface area contributed by atoms with Crippen molar-refractivity contribution in [3.8, 4) is 0 Å². The molecule has 0 saturated heterocycles. The van der Waals surface area contributed by atoms with Crippen LogP contribution in [0.25, 0.3) is 6.08 Å². The van der Waals surface area contributed by atoms with Gasteiger partial charge in [-0.1, -0.05) is 35.9 Å². The van der Waals surface area contributed by atoms with Crippen molar-refractivity contribution in [3.63, 3.8) is 0 Å². The second-order valence-electron chi connectivity index (χ2n) is 5.28. The van der Waals surface area contributed by atoms with Crippen LogP contribution in [-0.2, 0) is 14.3 Å². The van der Waals surface area contributed by atoms with E-state index >= 15 is 0 Å². The molecule has 5 heteroatoms. The van der Waals surface area contributed by atoms with Gasteiger partial charge in [-0.15, -0.1) is 0 Å². The molecule has 1 heterocycles. The molecule has 2 aromatic rings. The quantitative estimate of drug-likeness (QED) is 0.643. The van der Waals surface area contributed by atoms with Gasteiger partial charge in [-0.2, -0.15) is 0 Å². The fourth-order valence-electron chi connectivity index (χ4n) is 2.38. The van der Waals surface area contributed by atoms with Crippen molar-refractivity contribution in [1.82, 2.24) is 0 Å². The normalized spacial score (nSPS) is 15.2. The zero-order chi connectivity index (χ0) is 17.1. The molecule has 1 aliphatic heterocycles. The number of methoxy groups -OCH3 is 1. The summed E-state index contributed by atoms with van der Waals surface area (Å²) in [5.74, 6) is -0.770. The molecule has 0 atom stereocenters. The van der Waals surface area contributed by atoms with Crippen molar-refractivity contribution in [1.29, 1.82) is 0 Å². The molecule has 120 valence electrons. The summed E-state index contributed by atoms with van der Waals surface area (Å²) in [6.45, 7) is 1.95. The number of cyclic esters (lactones) is 1. The van der Waals surface area contributed by atoms with E-state index in [9.17, 15) is 9.59 Å². The molecule has 3 rings (SSSR count). The Labute approximate surface area is 139 Å². The molecule has 0 unspecified atom stereocenters.